The van der Waals surface area contributed by atoms with Crippen molar-refractivity contribution in [3.8, 4) is 5.75 Å². The zero-order valence-electron chi connectivity index (χ0n) is 10.1. The van der Waals surface area contributed by atoms with E-state index in [0.717, 1.165) is 0 Å². The lowest BCUT2D eigenvalue weighted by atomic mass is 10.2. The molecule has 0 amide bonds. The molecule has 0 aliphatic heterocycles. The fraction of sp³-hybridized carbons (Fsp3) is 0.500. The van der Waals surface area contributed by atoms with Crippen LogP contribution in [0.3, 0.4) is 0 Å². The van der Waals surface area contributed by atoms with Crippen LogP contribution in [0.2, 0.25) is 0 Å². The minimum absolute atomic E-state index is 0.0115. The number of nitrogens with zero attached hydrogens (tertiary/aromatic N) is 1. The molecule has 0 aliphatic carbocycles. The molecule has 3 nitrogen and oxygen atoms in total. The zero-order valence-corrected chi connectivity index (χ0v) is 10.9. The first-order chi connectivity index (χ1) is 7.44. The van der Waals surface area contributed by atoms with Crippen LogP contribution >= 0.6 is 11.8 Å². The molecule has 0 radical (unpaired) electrons. The van der Waals surface area contributed by atoms with Crippen molar-refractivity contribution in [1.29, 1.82) is 0 Å². The minimum atomic E-state index is 0.0115. The van der Waals surface area contributed by atoms with Gasteiger partial charge in [-0.2, -0.15) is 0 Å². The van der Waals surface area contributed by atoms with Crippen LogP contribution in [0.5, 0.6) is 5.75 Å². The van der Waals surface area contributed by atoms with E-state index in [1.165, 1.54) is 0 Å². The molecule has 0 aromatic carbocycles. The van der Waals surface area contributed by atoms with E-state index in [9.17, 15) is 4.79 Å². The molecule has 0 fully saturated rings. The lowest BCUT2D eigenvalue weighted by Gasteiger charge is -2.16. The van der Waals surface area contributed by atoms with Gasteiger partial charge in [0.05, 0.1) is 12.9 Å². The summed E-state index contributed by atoms with van der Waals surface area (Å²) in [6, 6.07) is 3.51. The molecule has 88 valence electrons. The molecular formula is C12H17NO2S. The summed E-state index contributed by atoms with van der Waals surface area (Å²) in [5.74, 6) is 0.982. The first-order valence-electron chi connectivity index (χ1n) is 5.10. The standard InChI is InChI=1S/C12H17NO2S/c1-12(2,3)16-8-9(14)11-10(15-4)6-5-7-13-11/h5-7H,8H2,1-4H3. The fourth-order valence-electron chi connectivity index (χ4n) is 1.12. The highest BCUT2D eigenvalue weighted by atomic mass is 32.2. The summed E-state index contributed by atoms with van der Waals surface area (Å²) in [7, 11) is 1.55. The van der Waals surface area contributed by atoms with Gasteiger partial charge in [-0.15, -0.1) is 11.8 Å². The average molecular weight is 239 g/mol. The zero-order chi connectivity index (χ0) is 12.2. The van der Waals surface area contributed by atoms with Crippen molar-refractivity contribution in [2.45, 2.75) is 25.5 Å². The number of methoxy groups -OCH3 is 1. The van der Waals surface area contributed by atoms with Crippen LogP contribution in [-0.4, -0.2) is 28.4 Å². The molecule has 0 aliphatic rings. The maximum absolute atomic E-state index is 11.9. The molecule has 1 aromatic rings. The second kappa shape index (κ2) is 5.34. The monoisotopic (exact) mass is 239 g/mol. The van der Waals surface area contributed by atoms with Gasteiger partial charge >= 0.3 is 0 Å². The Balaban J connectivity index is 2.73. The molecule has 0 N–H and O–H groups in total. The summed E-state index contributed by atoms with van der Waals surface area (Å²) in [5.41, 5.74) is 0.418. The lowest BCUT2D eigenvalue weighted by molar-refractivity contribution is 0.101. The number of rotatable bonds is 4. The normalized spacial score (nSPS) is 11.2. The first-order valence-corrected chi connectivity index (χ1v) is 6.09. The Morgan fingerprint density at radius 1 is 1.50 bits per heavy atom. The molecule has 1 aromatic heterocycles. The van der Waals surface area contributed by atoms with Crippen LogP contribution in [0.25, 0.3) is 0 Å². The number of thioether (sulfide) groups is 1. The van der Waals surface area contributed by atoms with Gasteiger partial charge < -0.3 is 4.74 Å². The molecule has 0 saturated carbocycles. The van der Waals surface area contributed by atoms with Crippen molar-refractivity contribution in [2.75, 3.05) is 12.9 Å². The molecule has 0 saturated heterocycles. The molecule has 0 spiro atoms. The predicted molar refractivity (Wildman–Crippen MR) is 67.3 cm³/mol. The van der Waals surface area contributed by atoms with Gasteiger partial charge in [-0.05, 0) is 12.1 Å². The van der Waals surface area contributed by atoms with E-state index < -0.39 is 0 Å². The van der Waals surface area contributed by atoms with Crippen LogP contribution in [0, 0.1) is 0 Å². The number of hydrogen-bond donors (Lipinski definition) is 0. The Morgan fingerprint density at radius 3 is 2.75 bits per heavy atom. The lowest BCUT2D eigenvalue weighted by Crippen LogP contribution is -2.14. The number of ether oxygens (including phenoxy) is 1. The van der Waals surface area contributed by atoms with Crippen molar-refractivity contribution in [1.82, 2.24) is 4.98 Å². The second-order valence-electron chi connectivity index (χ2n) is 4.38. The summed E-state index contributed by atoms with van der Waals surface area (Å²) < 4.78 is 5.19. The molecule has 16 heavy (non-hydrogen) atoms. The number of pyridine rings is 1. The molecule has 1 heterocycles. The largest absolute Gasteiger partial charge is 0.494 e. The smallest absolute Gasteiger partial charge is 0.194 e. The third-order valence-corrected chi connectivity index (χ3v) is 3.16. The number of hydrogen-bond acceptors (Lipinski definition) is 4. The third kappa shape index (κ3) is 3.85. The minimum Gasteiger partial charge on any atom is -0.494 e. The molecule has 0 unspecified atom stereocenters. The summed E-state index contributed by atoms with van der Waals surface area (Å²) >= 11 is 1.61. The molecule has 0 bridgehead atoms. The van der Waals surface area contributed by atoms with Crippen LogP contribution in [0.15, 0.2) is 18.3 Å². The highest BCUT2D eigenvalue weighted by molar-refractivity contribution is 8.01. The molecule has 1 rings (SSSR count). The van der Waals surface area contributed by atoms with E-state index in [0.29, 0.717) is 17.2 Å². The van der Waals surface area contributed by atoms with E-state index in [-0.39, 0.29) is 10.5 Å². The van der Waals surface area contributed by atoms with Crippen LogP contribution in [0.1, 0.15) is 31.3 Å². The van der Waals surface area contributed by atoms with E-state index in [4.69, 9.17) is 4.74 Å². The third-order valence-electron chi connectivity index (χ3n) is 1.89. The number of aromatic nitrogens is 1. The van der Waals surface area contributed by atoms with E-state index in [2.05, 4.69) is 25.8 Å². The number of ketones is 1. The van der Waals surface area contributed by atoms with Gasteiger partial charge in [0.2, 0.25) is 0 Å². The topological polar surface area (TPSA) is 39.2 Å². The quantitative estimate of drug-likeness (QED) is 0.757. The highest BCUT2D eigenvalue weighted by Gasteiger charge is 2.17. The van der Waals surface area contributed by atoms with Gasteiger partial charge in [-0.25, -0.2) is 4.98 Å². The fourth-order valence-corrected chi connectivity index (χ4v) is 1.82. The second-order valence-corrected chi connectivity index (χ2v) is 6.18. The van der Waals surface area contributed by atoms with E-state index in [1.807, 2.05) is 0 Å². The summed E-state index contributed by atoms with van der Waals surface area (Å²) in [5, 5.41) is 0. The van der Waals surface area contributed by atoms with Crippen LogP contribution in [0.4, 0.5) is 0 Å². The van der Waals surface area contributed by atoms with Crippen molar-refractivity contribution < 1.29 is 9.53 Å². The summed E-state index contributed by atoms with van der Waals surface area (Å²) in [6.07, 6.45) is 1.61. The van der Waals surface area contributed by atoms with E-state index >= 15 is 0 Å². The van der Waals surface area contributed by atoms with Crippen molar-refractivity contribution in [3.05, 3.63) is 24.0 Å². The molecular weight excluding hydrogens is 222 g/mol. The Morgan fingerprint density at radius 2 is 2.19 bits per heavy atom. The Hall–Kier alpha value is -1.03. The van der Waals surface area contributed by atoms with Gasteiger partial charge in [-0.3, -0.25) is 4.79 Å². The van der Waals surface area contributed by atoms with Crippen LogP contribution < -0.4 is 4.74 Å². The van der Waals surface area contributed by atoms with Gasteiger partial charge in [-0.1, -0.05) is 20.8 Å². The Kier molecular flexibility index (Phi) is 4.35. The van der Waals surface area contributed by atoms with Gasteiger partial charge in [0, 0.05) is 10.9 Å². The number of Topliss-reactive ketones (excluding diaryl/α,β-unsaturated/α-hetero) is 1. The van der Waals surface area contributed by atoms with Gasteiger partial charge in [0.15, 0.2) is 5.78 Å². The number of carbonyl (C=O) groups excluding carboxylic acids is 1. The van der Waals surface area contributed by atoms with Crippen molar-refractivity contribution in [2.24, 2.45) is 0 Å². The van der Waals surface area contributed by atoms with E-state index in [1.54, 1.807) is 37.2 Å². The van der Waals surface area contributed by atoms with Gasteiger partial charge in [0.1, 0.15) is 11.4 Å². The summed E-state index contributed by atoms with van der Waals surface area (Å²) in [6.45, 7) is 6.25. The molecule has 0 atom stereocenters. The van der Waals surface area contributed by atoms with Crippen molar-refractivity contribution >= 4 is 17.5 Å². The highest BCUT2D eigenvalue weighted by Crippen LogP contribution is 2.25. The maximum Gasteiger partial charge on any atom is 0.194 e. The number of carbonyl (C=O) groups is 1. The van der Waals surface area contributed by atoms with Crippen molar-refractivity contribution in [3.63, 3.8) is 0 Å². The first kappa shape index (κ1) is 13.0. The van der Waals surface area contributed by atoms with Gasteiger partial charge in [0.25, 0.3) is 0 Å². The average Bonchev–Trinajstić information content (AvgIpc) is 2.25. The maximum atomic E-state index is 11.9. The Bertz CT molecular complexity index is 372. The summed E-state index contributed by atoms with van der Waals surface area (Å²) in [4.78, 5) is 16.0. The van der Waals surface area contributed by atoms with Crippen LogP contribution in [-0.2, 0) is 0 Å². The Labute approximate surface area is 101 Å². The molecule has 4 heteroatoms. The SMILES string of the molecule is COc1cccnc1C(=O)CSC(C)(C)C. The predicted octanol–water partition coefficient (Wildman–Crippen LogP) is 2.80.